The van der Waals surface area contributed by atoms with E-state index in [0.717, 1.165) is 11.0 Å². The van der Waals surface area contributed by atoms with Crippen LogP contribution in [-0.4, -0.2) is 82.5 Å². The van der Waals surface area contributed by atoms with Crippen LogP contribution in [-0.2, 0) is 14.3 Å². The Bertz CT molecular complexity index is 1110. The molecule has 2 aliphatic rings. The molecule has 2 aliphatic heterocycles. The topological polar surface area (TPSA) is 111 Å². The first-order valence-corrected chi connectivity index (χ1v) is 10.8. The normalized spacial score (nSPS) is 21.7. The molecular formula is C21H26N8O3. The minimum atomic E-state index is 0.0529. The predicted octanol–water partition coefficient (Wildman–Crippen LogP) is 1.23. The third-order valence-electron chi connectivity index (χ3n) is 5.98. The highest BCUT2D eigenvalue weighted by Crippen LogP contribution is 2.27. The Balaban J connectivity index is 1.67. The average molecular weight is 438 g/mol. The third kappa shape index (κ3) is 3.73. The Labute approximate surface area is 185 Å². The number of benzene rings is 1. The van der Waals surface area contributed by atoms with Gasteiger partial charge in [-0.25, -0.2) is 9.55 Å². The summed E-state index contributed by atoms with van der Waals surface area (Å²) in [6.45, 7) is 8.07. The lowest BCUT2D eigenvalue weighted by molar-refractivity contribution is -0.105. The average Bonchev–Trinajstić information content (AvgIpc) is 3.19. The summed E-state index contributed by atoms with van der Waals surface area (Å²) in [5.74, 6) is 1.92. The van der Waals surface area contributed by atoms with E-state index in [1.807, 2.05) is 24.3 Å². The summed E-state index contributed by atoms with van der Waals surface area (Å²) in [5, 5.41) is 2.68. The molecule has 5 rings (SSSR count). The Morgan fingerprint density at radius 3 is 2.53 bits per heavy atom. The zero-order valence-corrected chi connectivity index (χ0v) is 18.1. The maximum Gasteiger partial charge on any atom is 0.243 e. The number of fused-ring (bicyclic) bond motifs is 1. The molecule has 32 heavy (non-hydrogen) atoms. The van der Waals surface area contributed by atoms with Crippen molar-refractivity contribution in [3.05, 3.63) is 24.3 Å². The van der Waals surface area contributed by atoms with Crippen molar-refractivity contribution < 1.29 is 14.3 Å². The molecule has 11 nitrogen and oxygen atoms in total. The second-order valence-corrected chi connectivity index (χ2v) is 7.87. The minimum absolute atomic E-state index is 0.0529. The fourth-order valence-electron chi connectivity index (χ4n) is 4.07. The summed E-state index contributed by atoms with van der Waals surface area (Å²) in [7, 11) is 0. The van der Waals surface area contributed by atoms with Gasteiger partial charge >= 0.3 is 0 Å². The van der Waals surface area contributed by atoms with Gasteiger partial charge in [0.2, 0.25) is 30.2 Å². The van der Waals surface area contributed by atoms with Gasteiger partial charge in [-0.05, 0) is 26.0 Å². The van der Waals surface area contributed by atoms with Crippen LogP contribution in [0.5, 0.6) is 0 Å². The minimum Gasteiger partial charge on any atom is -0.378 e. The van der Waals surface area contributed by atoms with Crippen LogP contribution in [0, 0.1) is 0 Å². The fraction of sp³-hybridized carbons (Fsp3) is 0.476. The Morgan fingerprint density at radius 1 is 0.969 bits per heavy atom. The molecule has 11 heteroatoms. The molecule has 2 saturated heterocycles. The van der Waals surface area contributed by atoms with Gasteiger partial charge in [-0.15, -0.1) is 0 Å². The van der Waals surface area contributed by atoms with Gasteiger partial charge in [0.05, 0.1) is 43.0 Å². The number of carbonyl (C=O) groups excluding carboxylic acids is 1. The van der Waals surface area contributed by atoms with E-state index in [-0.39, 0.29) is 12.1 Å². The van der Waals surface area contributed by atoms with Crippen molar-refractivity contribution in [3.8, 4) is 5.95 Å². The number of hydrogen-bond acceptors (Lipinski definition) is 9. The second-order valence-electron chi connectivity index (χ2n) is 7.87. The van der Waals surface area contributed by atoms with Crippen molar-refractivity contribution in [2.75, 3.05) is 54.6 Å². The summed E-state index contributed by atoms with van der Waals surface area (Å²) in [5.41, 5.74) is 1.53. The number of morpholine rings is 2. The second kappa shape index (κ2) is 8.67. The summed E-state index contributed by atoms with van der Waals surface area (Å²) in [6.07, 6.45) is 0.659. The number of carbonyl (C=O) groups is 1. The lowest BCUT2D eigenvalue weighted by Crippen LogP contribution is -2.49. The van der Waals surface area contributed by atoms with Crippen LogP contribution in [0.25, 0.3) is 17.0 Å². The summed E-state index contributed by atoms with van der Waals surface area (Å²) in [4.78, 5) is 34.5. The van der Waals surface area contributed by atoms with Crippen LogP contribution < -0.4 is 15.1 Å². The molecule has 0 bridgehead atoms. The third-order valence-corrected chi connectivity index (χ3v) is 5.98. The van der Waals surface area contributed by atoms with Gasteiger partial charge in [0.1, 0.15) is 0 Å². The van der Waals surface area contributed by atoms with Crippen LogP contribution in [0.1, 0.15) is 13.8 Å². The molecule has 0 radical (unpaired) electrons. The van der Waals surface area contributed by atoms with E-state index in [9.17, 15) is 4.79 Å². The zero-order chi connectivity index (χ0) is 22.1. The van der Waals surface area contributed by atoms with E-state index in [4.69, 9.17) is 24.4 Å². The highest BCUT2D eigenvalue weighted by molar-refractivity contribution is 5.83. The summed E-state index contributed by atoms with van der Waals surface area (Å²) >= 11 is 0. The van der Waals surface area contributed by atoms with Crippen LogP contribution in [0.15, 0.2) is 24.3 Å². The molecule has 1 aromatic carbocycles. The van der Waals surface area contributed by atoms with Gasteiger partial charge < -0.3 is 19.3 Å². The number of ether oxygens (including phenoxy) is 2. The molecule has 2 aromatic heterocycles. The number of nitrogens with one attached hydrogen (secondary N) is 1. The molecule has 4 heterocycles. The summed E-state index contributed by atoms with van der Waals surface area (Å²) in [6, 6.07) is 7.73. The Hall–Kier alpha value is -3.31. The molecule has 0 spiro atoms. The standard InChI is InChI=1S/C21H26N8O3/c1-14-15(2)32-12-9-28(14)20-24-19(27-7-10-31-11-8-27)25-21(26-20)29-17-6-4-3-5-16(17)23-18(29)22-13-30/h3-6,13-15H,7-12H2,1-2H3,(H,22,23,30). The van der Waals surface area contributed by atoms with Gasteiger partial charge in [-0.1, -0.05) is 12.1 Å². The highest BCUT2D eigenvalue weighted by atomic mass is 16.5. The summed E-state index contributed by atoms with van der Waals surface area (Å²) < 4.78 is 13.1. The number of imidazole rings is 1. The number of rotatable bonds is 5. The van der Waals surface area contributed by atoms with E-state index < -0.39 is 0 Å². The van der Waals surface area contributed by atoms with Gasteiger partial charge in [-0.3, -0.25) is 10.1 Å². The first kappa shape index (κ1) is 20.6. The van der Waals surface area contributed by atoms with Gasteiger partial charge in [0.25, 0.3) is 0 Å². The van der Waals surface area contributed by atoms with Crippen molar-refractivity contribution in [1.82, 2.24) is 24.5 Å². The van der Waals surface area contributed by atoms with E-state index in [0.29, 0.717) is 69.7 Å². The van der Waals surface area contributed by atoms with Crippen molar-refractivity contribution in [2.24, 2.45) is 0 Å². The van der Waals surface area contributed by atoms with E-state index >= 15 is 0 Å². The van der Waals surface area contributed by atoms with E-state index in [1.54, 1.807) is 4.57 Å². The smallest absolute Gasteiger partial charge is 0.243 e. The Kier molecular flexibility index (Phi) is 5.58. The zero-order valence-electron chi connectivity index (χ0n) is 18.1. The molecule has 1 amide bonds. The first-order valence-electron chi connectivity index (χ1n) is 10.8. The SMILES string of the molecule is CC1OCCN(c2nc(N3CCOCC3)nc(-n3c(NC=O)nc4ccccc43)n2)C1C. The number of para-hydroxylation sites is 2. The molecule has 0 aliphatic carbocycles. The van der Waals surface area contributed by atoms with E-state index in [1.165, 1.54) is 0 Å². The number of amides is 1. The maximum atomic E-state index is 11.3. The van der Waals surface area contributed by atoms with Crippen molar-refractivity contribution in [1.29, 1.82) is 0 Å². The maximum absolute atomic E-state index is 11.3. The van der Waals surface area contributed by atoms with E-state index in [2.05, 4.69) is 33.9 Å². The monoisotopic (exact) mass is 438 g/mol. The quantitative estimate of drug-likeness (QED) is 0.588. The largest absolute Gasteiger partial charge is 0.378 e. The molecule has 1 N–H and O–H groups in total. The van der Waals surface area contributed by atoms with Crippen LogP contribution in [0.4, 0.5) is 17.8 Å². The lowest BCUT2D eigenvalue weighted by atomic mass is 10.1. The molecular weight excluding hydrogens is 412 g/mol. The van der Waals surface area contributed by atoms with Gasteiger partial charge in [-0.2, -0.15) is 15.0 Å². The molecule has 168 valence electrons. The van der Waals surface area contributed by atoms with Gasteiger partial charge in [0.15, 0.2) is 0 Å². The molecule has 3 aromatic rings. The molecule has 2 atom stereocenters. The number of hydrogen-bond donors (Lipinski definition) is 1. The van der Waals surface area contributed by atoms with Crippen molar-refractivity contribution in [3.63, 3.8) is 0 Å². The van der Waals surface area contributed by atoms with Crippen LogP contribution in [0.3, 0.4) is 0 Å². The predicted molar refractivity (Wildman–Crippen MR) is 119 cm³/mol. The lowest BCUT2D eigenvalue weighted by Gasteiger charge is -2.38. The number of anilines is 3. The number of nitrogens with zero attached hydrogens (tertiary/aromatic N) is 7. The van der Waals surface area contributed by atoms with Crippen LogP contribution >= 0.6 is 0 Å². The van der Waals surface area contributed by atoms with Gasteiger partial charge in [0, 0.05) is 19.6 Å². The fourth-order valence-corrected chi connectivity index (χ4v) is 4.07. The number of aromatic nitrogens is 5. The molecule has 2 fully saturated rings. The molecule has 2 unspecified atom stereocenters. The van der Waals surface area contributed by atoms with Crippen LogP contribution in [0.2, 0.25) is 0 Å². The van der Waals surface area contributed by atoms with Crippen molar-refractivity contribution in [2.45, 2.75) is 26.0 Å². The first-order chi connectivity index (χ1) is 15.7. The Morgan fingerprint density at radius 2 is 1.72 bits per heavy atom. The highest BCUT2D eigenvalue weighted by Gasteiger charge is 2.29. The van der Waals surface area contributed by atoms with Crippen molar-refractivity contribution >= 4 is 35.3 Å². The molecule has 0 saturated carbocycles.